The molecule has 2 aromatic rings. The number of nitrogen functional groups attached to an aromatic ring is 1. The van der Waals surface area contributed by atoms with Crippen molar-refractivity contribution in [2.24, 2.45) is 0 Å². The summed E-state index contributed by atoms with van der Waals surface area (Å²) in [6.45, 7) is 4.85. The first-order chi connectivity index (χ1) is 7.66. The summed E-state index contributed by atoms with van der Waals surface area (Å²) in [6, 6.07) is 2.11. The van der Waals surface area contributed by atoms with E-state index in [-0.39, 0.29) is 0 Å². The Kier molecular flexibility index (Phi) is 3.05. The monoisotopic (exact) mass is 234 g/mol. The summed E-state index contributed by atoms with van der Waals surface area (Å²) >= 11 is 1.74. The normalized spacial score (nSPS) is 10.4. The number of aromatic nitrogens is 2. The molecule has 3 N–H and O–H groups in total. The minimum atomic E-state index is 0.302. The zero-order valence-corrected chi connectivity index (χ0v) is 10.1. The van der Waals surface area contributed by atoms with Crippen molar-refractivity contribution in [2.45, 2.75) is 20.4 Å². The molecule has 4 nitrogen and oxygen atoms in total. The van der Waals surface area contributed by atoms with Gasteiger partial charge in [0.25, 0.3) is 0 Å². The summed E-state index contributed by atoms with van der Waals surface area (Å²) in [7, 11) is 0. The van der Waals surface area contributed by atoms with Gasteiger partial charge < -0.3 is 11.1 Å². The van der Waals surface area contributed by atoms with Crippen LogP contribution in [-0.2, 0) is 6.54 Å². The Morgan fingerprint density at radius 1 is 1.38 bits per heavy atom. The standard InChI is InChI=1S/C11H14N4S/c1-7-3-4-16-9(7)6-13-10-8(2)5-14-11(12)15-10/h3-5H,6H2,1-2H3,(H3,12,13,14,15). The van der Waals surface area contributed by atoms with E-state index in [9.17, 15) is 0 Å². The molecule has 0 amide bonds. The molecule has 0 bridgehead atoms. The highest BCUT2D eigenvalue weighted by atomic mass is 32.1. The van der Waals surface area contributed by atoms with Gasteiger partial charge in [0.2, 0.25) is 5.95 Å². The Balaban J connectivity index is 2.10. The second kappa shape index (κ2) is 4.49. The van der Waals surface area contributed by atoms with Crippen LogP contribution in [0.1, 0.15) is 16.0 Å². The Morgan fingerprint density at radius 3 is 2.88 bits per heavy atom. The Morgan fingerprint density at radius 2 is 2.19 bits per heavy atom. The third-order valence-corrected chi connectivity index (χ3v) is 3.40. The molecule has 2 heterocycles. The van der Waals surface area contributed by atoms with E-state index in [2.05, 4.69) is 33.7 Å². The number of nitrogens with zero attached hydrogens (tertiary/aromatic N) is 2. The highest BCUT2D eigenvalue weighted by Crippen LogP contribution is 2.18. The van der Waals surface area contributed by atoms with Crippen molar-refractivity contribution < 1.29 is 0 Å². The average molecular weight is 234 g/mol. The van der Waals surface area contributed by atoms with Gasteiger partial charge in [-0.25, -0.2) is 4.98 Å². The molecule has 2 rings (SSSR count). The number of aryl methyl sites for hydroxylation is 2. The van der Waals surface area contributed by atoms with E-state index in [1.807, 2.05) is 6.92 Å². The van der Waals surface area contributed by atoms with Crippen LogP contribution in [0.2, 0.25) is 0 Å². The molecule has 2 aromatic heterocycles. The van der Waals surface area contributed by atoms with Crippen molar-refractivity contribution in [2.75, 3.05) is 11.1 Å². The summed E-state index contributed by atoms with van der Waals surface area (Å²) in [5.74, 6) is 1.11. The predicted octanol–water partition coefficient (Wildman–Crippen LogP) is 2.35. The number of hydrogen-bond acceptors (Lipinski definition) is 5. The van der Waals surface area contributed by atoms with Crippen molar-refractivity contribution in [3.8, 4) is 0 Å². The molecule has 0 fully saturated rings. The van der Waals surface area contributed by atoms with Crippen molar-refractivity contribution in [1.29, 1.82) is 0 Å². The van der Waals surface area contributed by atoms with Gasteiger partial charge in [-0.15, -0.1) is 11.3 Å². The zero-order valence-electron chi connectivity index (χ0n) is 9.32. The summed E-state index contributed by atoms with van der Waals surface area (Å²) < 4.78 is 0. The summed E-state index contributed by atoms with van der Waals surface area (Å²) in [5, 5.41) is 5.37. The fourth-order valence-corrected chi connectivity index (χ4v) is 2.23. The lowest BCUT2D eigenvalue weighted by Gasteiger charge is -2.07. The van der Waals surface area contributed by atoms with Crippen LogP contribution in [0.5, 0.6) is 0 Å². The fraction of sp³-hybridized carbons (Fsp3) is 0.273. The van der Waals surface area contributed by atoms with Gasteiger partial charge in [-0.1, -0.05) is 0 Å². The number of hydrogen-bond donors (Lipinski definition) is 2. The van der Waals surface area contributed by atoms with Crippen molar-refractivity contribution in [1.82, 2.24) is 9.97 Å². The van der Waals surface area contributed by atoms with E-state index in [1.54, 1.807) is 17.5 Å². The van der Waals surface area contributed by atoms with E-state index < -0.39 is 0 Å². The summed E-state index contributed by atoms with van der Waals surface area (Å²) in [4.78, 5) is 9.41. The highest BCUT2D eigenvalue weighted by molar-refractivity contribution is 7.10. The molecule has 0 aromatic carbocycles. The average Bonchev–Trinajstić information content (AvgIpc) is 2.66. The third-order valence-electron chi connectivity index (χ3n) is 2.37. The van der Waals surface area contributed by atoms with Gasteiger partial charge in [0.15, 0.2) is 0 Å². The lowest BCUT2D eigenvalue weighted by atomic mass is 10.3. The van der Waals surface area contributed by atoms with Crippen LogP contribution in [-0.4, -0.2) is 9.97 Å². The summed E-state index contributed by atoms with van der Waals surface area (Å²) in [6.07, 6.45) is 1.73. The maximum atomic E-state index is 5.55. The largest absolute Gasteiger partial charge is 0.368 e. The first kappa shape index (κ1) is 10.9. The first-order valence-electron chi connectivity index (χ1n) is 5.03. The molecule has 5 heteroatoms. The van der Waals surface area contributed by atoms with Gasteiger partial charge in [-0.3, -0.25) is 0 Å². The number of anilines is 2. The van der Waals surface area contributed by atoms with Crippen molar-refractivity contribution in [3.63, 3.8) is 0 Å². The maximum Gasteiger partial charge on any atom is 0.221 e. The molecule has 0 saturated heterocycles. The smallest absolute Gasteiger partial charge is 0.221 e. The molecule has 0 aliphatic heterocycles. The predicted molar refractivity (Wildman–Crippen MR) is 67.6 cm³/mol. The van der Waals surface area contributed by atoms with Crippen molar-refractivity contribution >= 4 is 23.1 Å². The molecule has 0 unspecified atom stereocenters. The maximum absolute atomic E-state index is 5.55. The number of rotatable bonds is 3. The minimum Gasteiger partial charge on any atom is -0.368 e. The molecule has 0 saturated carbocycles. The molecule has 0 spiro atoms. The van der Waals surface area contributed by atoms with E-state index in [1.165, 1.54) is 10.4 Å². The molecule has 84 valence electrons. The van der Waals surface area contributed by atoms with E-state index in [0.717, 1.165) is 17.9 Å². The van der Waals surface area contributed by atoms with E-state index >= 15 is 0 Å². The zero-order chi connectivity index (χ0) is 11.5. The Labute approximate surface area is 98.6 Å². The first-order valence-corrected chi connectivity index (χ1v) is 5.90. The second-order valence-corrected chi connectivity index (χ2v) is 4.64. The molecular formula is C11H14N4S. The second-order valence-electron chi connectivity index (χ2n) is 3.64. The lowest BCUT2D eigenvalue weighted by molar-refractivity contribution is 1.08. The Hall–Kier alpha value is -1.62. The fourth-order valence-electron chi connectivity index (χ4n) is 1.38. The van der Waals surface area contributed by atoms with Crippen LogP contribution < -0.4 is 11.1 Å². The summed E-state index contributed by atoms with van der Waals surface area (Å²) in [5.41, 5.74) is 7.85. The van der Waals surface area contributed by atoms with Gasteiger partial charge in [-0.05, 0) is 30.9 Å². The number of nitrogens with two attached hydrogens (primary N) is 1. The molecule has 16 heavy (non-hydrogen) atoms. The van der Waals surface area contributed by atoms with E-state index in [0.29, 0.717) is 5.95 Å². The molecular weight excluding hydrogens is 220 g/mol. The van der Waals surface area contributed by atoms with Crippen LogP contribution in [0.25, 0.3) is 0 Å². The van der Waals surface area contributed by atoms with Gasteiger partial charge in [0, 0.05) is 16.6 Å². The van der Waals surface area contributed by atoms with Crippen LogP contribution in [0.15, 0.2) is 17.6 Å². The Bertz CT molecular complexity index is 492. The number of thiophene rings is 1. The quantitative estimate of drug-likeness (QED) is 0.855. The van der Waals surface area contributed by atoms with Gasteiger partial charge in [0.05, 0.1) is 6.54 Å². The van der Waals surface area contributed by atoms with Crippen molar-refractivity contribution in [3.05, 3.63) is 33.6 Å². The molecule has 0 aliphatic carbocycles. The SMILES string of the molecule is Cc1cnc(N)nc1NCc1sccc1C. The van der Waals surface area contributed by atoms with Crippen LogP contribution >= 0.6 is 11.3 Å². The topological polar surface area (TPSA) is 63.8 Å². The number of nitrogens with one attached hydrogen (secondary N) is 1. The molecule has 0 aliphatic rings. The van der Waals surface area contributed by atoms with Crippen LogP contribution in [0, 0.1) is 13.8 Å². The molecule has 0 atom stereocenters. The van der Waals surface area contributed by atoms with Crippen LogP contribution in [0.3, 0.4) is 0 Å². The third kappa shape index (κ3) is 2.30. The van der Waals surface area contributed by atoms with Gasteiger partial charge >= 0.3 is 0 Å². The lowest BCUT2D eigenvalue weighted by Crippen LogP contribution is -2.05. The van der Waals surface area contributed by atoms with Gasteiger partial charge in [-0.2, -0.15) is 4.98 Å². The molecule has 0 radical (unpaired) electrons. The van der Waals surface area contributed by atoms with Crippen LogP contribution in [0.4, 0.5) is 11.8 Å². The van der Waals surface area contributed by atoms with E-state index in [4.69, 9.17) is 5.73 Å². The highest BCUT2D eigenvalue weighted by Gasteiger charge is 2.03. The van der Waals surface area contributed by atoms with Gasteiger partial charge in [0.1, 0.15) is 5.82 Å². The minimum absolute atomic E-state index is 0.302.